The van der Waals surface area contributed by atoms with Crippen LogP contribution in [0.5, 0.6) is 0 Å². The zero-order valence-electron chi connectivity index (χ0n) is 30.5. The minimum absolute atomic E-state index is 0.165. The first-order valence-electron chi connectivity index (χ1n) is 19.2. The molecule has 0 fully saturated rings. The monoisotopic (exact) mass is 733 g/mol. The number of nitrogens with zero attached hydrogens (tertiary/aromatic N) is 3. The second kappa shape index (κ2) is 12.5. The summed E-state index contributed by atoms with van der Waals surface area (Å²) >= 11 is 0. The summed E-state index contributed by atoms with van der Waals surface area (Å²) in [6.07, 6.45) is 2.97. The number of hydrogen-bond donors (Lipinski definition) is 0. The summed E-state index contributed by atoms with van der Waals surface area (Å²) < 4.78 is 20.5. The average molecular weight is 734 g/mol. The van der Waals surface area contributed by atoms with Crippen molar-refractivity contribution in [2.75, 3.05) is 0 Å². The molecule has 0 aliphatic heterocycles. The van der Waals surface area contributed by atoms with Crippen molar-refractivity contribution in [2.45, 2.75) is 12.3 Å². The van der Waals surface area contributed by atoms with Crippen LogP contribution in [0.3, 0.4) is 0 Å². The largest absolute Gasteiger partial charge is 0.459 e. The smallest absolute Gasteiger partial charge is 0.167 e. The lowest BCUT2D eigenvalue weighted by Crippen LogP contribution is -2.07. The van der Waals surface area contributed by atoms with Gasteiger partial charge in [0.15, 0.2) is 17.5 Å². The van der Waals surface area contributed by atoms with Gasteiger partial charge >= 0.3 is 0 Å². The first-order chi connectivity index (χ1) is 28.2. The molecule has 1 atom stereocenters. The fourth-order valence-corrected chi connectivity index (χ4v) is 8.70. The molecule has 0 amide bonds. The van der Waals surface area contributed by atoms with Crippen LogP contribution in [-0.4, -0.2) is 15.0 Å². The number of fused-ring (bicyclic) bond motifs is 9. The summed E-state index contributed by atoms with van der Waals surface area (Å²) in [5.41, 5.74) is 11.2. The molecule has 1 unspecified atom stereocenters. The maximum Gasteiger partial charge on any atom is 0.167 e. The van der Waals surface area contributed by atoms with Crippen LogP contribution in [-0.2, 0) is 0 Å². The molecule has 11 aromatic rings. The van der Waals surface area contributed by atoms with Gasteiger partial charge in [-0.05, 0) is 36.3 Å². The molecular weight excluding hydrogens is 703 g/mol. The van der Waals surface area contributed by atoms with Crippen molar-refractivity contribution in [1.29, 1.82) is 0 Å². The predicted molar refractivity (Wildman–Crippen MR) is 228 cm³/mol. The third kappa shape index (κ3) is 5.00. The predicted octanol–water partition coefficient (Wildman–Crippen LogP) is 13.5. The maximum atomic E-state index is 7.17. The van der Waals surface area contributed by atoms with Gasteiger partial charge in [0.25, 0.3) is 0 Å². The Balaban J connectivity index is 1.11. The first kappa shape index (κ1) is 31.7. The van der Waals surface area contributed by atoms with Gasteiger partial charge in [0.05, 0.1) is 11.5 Å². The maximum absolute atomic E-state index is 7.17. The summed E-state index contributed by atoms with van der Waals surface area (Å²) in [5, 5.41) is 5.38. The fourth-order valence-electron chi connectivity index (χ4n) is 8.70. The Morgan fingerprint density at radius 3 is 1.60 bits per heavy atom. The van der Waals surface area contributed by atoms with Crippen molar-refractivity contribution in [3.63, 3.8) is 0 Å². The number of furan rings is 3. The molecule has 268 valence electrons. The van der Waals surface area contributed by atoms with Gasteiger partial charge in [-0.25, -0.2) is 15.0 Å². The second-order valence-corrected chi connectivity index (χ2v) is 14.6. The van der Waals surface area contributed by atoms with E-state index in [9.17, 15) is 0 Å². The molecule has 6 heteroatoms. The van der Waals surface area contributed by atoms with Crippen LogP contribution in [0, 0.1) is 0 Å². The van der Waals surface area contributed by atoms with Crippen LogP contribution in [0.25, 0.3) is 101 Å². The van der Waals surface area contributed by atoms with E-state index in [0.29, 0.717) is 23.9 Å². The highest BCUT2D eigenvalue weighted by molar-refractivity contribution is 6.11. The Bertz CT molecular complexity index is 3330. The van der Waals surface area contributed by atoms with E-state index in [0.717, 1.165) is 99.6 Å². The van der Waals surface area contributed by atoms with E-state index in [2.05, 4.69) is 78.9 Å². The zero-order chi connectivity index (χ0) is 37.5. The Hall–Kier alpha value is -7.57. The molecule has 57 heavy (non-hydrogen) atoms. The summed E-state index contributed by atoms with van der Waals surface area (Å²) in [6.45, 7) is 0. The molecule has 0 saturated carbocycles. The van der Waals surface area contributed by atoms with Crippen LogP contribution < -0.4 is 0 Å². The van der Waals surface area contributed by atoms with Crippen LogP contribution in [0.4, 0.5) is 0 Å². The molecule has 4 aromatic heterocycles. The molecular formula is C51H31N3O3. The van der Waals surface area contributed by atoms with E-state index in [-0.39, 0.29) is 5.92 Å². The van der Waals surface area contributed by atoms with Gasteiger partial charge in [-0.15, -0.1) is 0 Å². The highest BCUT2D eigenvalue weighted by atomic mass is 16.3. The summed E-state index contributed by atoms with van der Waals surface area (Å²) in [7, 11) is 0. The molecule has 6 nitrogen and oxygen atoms in total. The average Bonchev–Trinajstić information content (AvgIpc) is 3.98. The van der Waals surface area contributed by atoms with E-state index in [1.165, 1.54) is 0 Å². The van der Waals surface area contributed by atoms with Gasteiger partial charge in [-0.3, -0.25) is 0 Å². The third-order valence-corrected chi connectivity index (χ3v) is 11.3. The van der Waals surface area contributed by atoms with Crippen LogP contribution in [0.1, 0.15) is 34.8 Å². The molecule has 4 heterocycles. The third-order valence-electron chi connectivity index (χ3n) is 11.3. The van der Waals surface area contributed by atoms with Crippen LogP contribution in [0.15, 0.2) is 177 Å². The molecule has 0 N–H and O–H groups in total. The number of hydrogen-bond acceptors (Lipinski definition) is 6. The standard InChI is InChI=1S/C51H31N3O3/c1-3-14-30(15-4-1)49-52-50(31-16-5-2-6-17-31)54-51(53-49)40-25-13-24-39-42-29-32(33-20-11-21-36-34-18-7-9-26-43(34)55-45(33)36)28-41(48(42)57-47(39)40)38-23-12-22-37-35-19-8-10-27-44(35)56-46(37)38/h1-27,29,41H,28H2. The van der Waals surface area contributed by atoms with Gasteiger partial charge in [0.2, 0.25) is 0 Å². The van der Waals surface area contributed by atoms with E-state index in [1.54, 1.807) is 0 Å². The molecule has 12 rings (SSSR count). The topological polar surface area (TPSA) is 78.1 Å². The Kier molecular flexibility index (Phi) is 6.95. The summed E-state index contributed by atoms with van der Waals surface area (Å²) in [4.78, 5) is 15.1. The van der Waals surface area contributed by atoms with Crippen LogP contribution in [0.2, 0.25) is 0 Å². The quantitative estimate of drug-likeness (QED) is 0.175. The van der Waals surface area contributed by atoms with Gasteiger partial charge < -0.3 is 13.3 Å². The highest BCUT2D eigenvalue weighted by Gasteiger charge is 2.33. The lowest BCUT2D eigenvalue weighted by molar-refractivity contribution is 0.517. The summed E-state index contributed by atoms with van der Waals surface area (Å²) in [6, 6.07) is 55.8. The van der Waals surface area contributed by atoms with Gasteiger partial charge in [0, 0.05) is 54.7 Å². The molecule has 0 spiro atoms. The normalized spacial score (nSPS) is 14.2. The first-order valence-corrected chi connectivity index (χ1v) is 19.2. The zero-order valence-corrected chi connectivity index (χ0v) is 30.5. The second-order valence-electron chi connectivity index (χ2n) is 14.6. The molecule has 1 aliphatic carbocycles. The Morgan fingerprint density at radius 2 is 0.912 bits per heavy atom. The van der Waals surface area contributed by atoms with Gasteiger partial charge in [-0.2, -0.15) is 0 Å². The molecule has 0 saturated heterocycles. The van der Waals surface area contributed by atoms with Crippen molar-refractivity contribution < 1.29 is 13.3 Å². The van der Waals surface area contributed by atoms with Crippen molar-refractivity contribution in [1.82, 2.24) is 15.0 Å². The highest BCUT2D eigenvalue weighted by Crippen LogP contribution is 2.50. The minimum Gasteiger partial charge on any atom is -0.459 e. The van der Waals surface area contributed by atoms with E-state index >= 15 is 0 Å². The minimum atomic E-state index is -0.165. The molecule has 0 bridgehead atoms. The van der Waals surface area contributed by atoms with Crippen molar-refractivity contribution >= 4 is 66.5 Å². The lowest BCUT2D eigenvalue weighted by atomic mass is 9.80. The van der Waals surface area contributed by atoms with Crippen molar-refractivity contribution in [3.8, 4) is 34.2 Å². The summed E-state index contributed by atoms with van der Waals surface area (Å²) in [5.74, 6) is 2.46. The molecule has 0 radical (unpaired) electrons. The number of benzene rings is 7. The SMILES string of the molecule is C1=C(c2cccc3c2oc2ccccc23)CC(c2cccc3c2oc2ccccc23)c2oc3c(-c4nc(-c5ccccc5)nc(-c5ccccc5)n4)cccc3c21. The number of rotatable bonds is 5. The van der Waals surface area contributed by atoms with Gasteiger partial charge in [-0.1, -0.05) is 146 Å². The van der Waals surface area contributed by atoms with Gasteiger partial charge in [0.1, 0.15) is 33.7 Å². The number of allylic oxidation sites excluding steroid dienone is 1. The Labute approximate surface area is 326 Å². The van der Waals surface area contributed by atoms with E-state index in [4.69, 9.17) is 28.2 Å². The van der Waals surface area contributed by atoms with E-state index in [1.807, 2.05) is 91.0 Å². The van der Waals surface area contributed by atoms with E-state index < -0.39 is 0 Å². The Morgan fingerprint density at radius 1 is 0.404 bits per heavy atom. The number of aromatic nitrogens is 3. The van der Waals surface area contributed by atoms with Crippen LogP contribution >= 0.6 is 0 Å². The fraction of sp³-hybridized carbons (Fsp3) is 0.0392. The number of para-hydroxylation sites is 5. The molecule has 7 aromatic carbocycles. The lowest BCUT2D eigenvalue weighted by Gasteiger charge is -2.23. The van der Waals surface area contributed by atoms with Crippen molar-refractivity contribution in [3.05, 3.63) is 186 Å². The van der Waals surface area contributed by atoms with Crippen molar-refractivity contribution in [2.24, 2.45) is 0 Å². The molecule has 1 aliphatic rings.